The van der Waals surface area contributed by atoms with Crippen LogP contribution in [0.5, 0.6) is 0 Å². The van der Waals surface area contributed by atoms with Gasteiger partial charge in [-0.15, -0.1) is 0 Å². The monoisotopic (exact) mass is 265 g/mol. The van der Waals surface area contributed by atoms with Crippen LogP contribution in [0.4, 0.5) is 10.1 Å². The number of likely N-dealkylation sites (N-methyl/N-ethyl adjacent to an activating group) is 2. The summed E-state index contributed by atoms with van der Waals surface area (Å²) < 4.78 is 14.2. The van der Waals surface area contributed by atoms with Crippen molar-refractivity contribution in [3.63, 3.8) is 0 Å². The predicted molar refractivity (Wildman–Crippen MR) is 78.2 cm³/mol. The average Bonchev–Trinajstić information content (AvgIpc) is 2.29. The largest absolute Gasteiger partial charge is 0.357 e. The van der Waals surface area contributed by atoms with Gasteiger partial charge in [-0.2, -0.15) is 0 Å². The minimum Gasteiger partial charge on any atom is -0.357 e. The lowest BCUT2D eigenvalue weighted by atomic mass is 9.93. The van der Waals surface area contributed by atoms with Gasteiger partial charge in [0, 0.05) is 25.2 Å². The summed E-state index contributed by atoms with van der Waals surface area (Å²) in [5, 5.41) is 3.22. The Bertz CT molecular complexity index is 433. The van der Waals surface area contributed by atoms with E-state index in [4.69, 9.17) is 0 Å². The van der Waals surface area contributed by atoms with E-state index < -0.39 is 0 Å². The fraction of sp³-hybridized carbons (Fsp3) is 0.600. The SMILES string of the molecule is CNCC1CN(C)CC(C)(C)N1c1ccccc1F. The number of hydrogen-bond donors (Lipinski definition) is 1. The summed E-state index contributed by atoms with van der Waals surface area (Å²) in [5.41, 5.74) is 0.623. The van der Waals surface area contributed by atoms with E-state index in [-0.39, 0.29) is 17.4 Å². The Hall–Kier alpha value is -1.13. The Kier molecular flexibility index (Phi) is 4.11. The number of hydrogen-bond acceptors (Lipinski definition) is 3. The molecule has 1 aromatic carbocycles. The fourth-order valence-electron chi connectivity index (χ4n) is 3.30. The van der Waals surface area contributed by atoms with Gasteiger partial charge < -0.3 is 15.1 Å². The molecule has 0 spiro atoms. The number of benzene rings is 1. The normalized spacial score (nSPS) is 23.6. The first-order chi connectivity index (χ1) is 8.95. The fourth-order valence-corrected chi connectivity index (χ4v) is 3.30. The van der Waals surface area contributed by atoms with Crippen LogP contribution in [0.2, 0.25) is 0 Å². The molecule has 1 saturated heterocycles. The van der Waals surface area contributed by atoms with Crippen LogP contribution in [0.25, 0.3) is 0 Å². The van der Waals surface area contributed by atoms with Crippen molar-refractivity contribution in [1.82, 2.24) is 10.2 Å². The molecule has 1 fully saturated rings. The van der Waals surface area contributed by atoms with Gasteiger partial charge in [0.05, 0.1) is 11.7 Å². The summed E-state index contributed by atoms with van der Waals surface area (Å²) in [5.74, 6) is -0.138. The van der Waals surface area contributed by atoms with Crippen LogP contribution >= 0.6 is 0 Å². The Morgan fingerprint density at radius 2 is 2.05 bits per heavy atom. The number of nitrogens with zero attached hydrogens (tertiary/aromatic N) is 2. The van der Waals surface area contributed by atoms with Crippen LogP contribution in [0.3, 0.4) is 0 Å². The number of anilines is 1. The maximum Gasteiger partial charge on any atom is 0.146 e. The molecule has 1 N–H and O–H groups in total. The molecule has 3 nitrogen and oxygen atoms in total. The molecule has 1 heterocycles. The van der Waals surface area contributed by atoms with E-state index in [1.807, 2.05) is 19.2 Å². The zero-order valence-corrected chi connectivity index (χ0v) is 12.3. The standard InChI is InChI=1S/C15H24FN3/c1-15(2)11-18(4)10-12(9-17-3)19(15)14-8-6-5-7-13(14)16/h5-8,12,17H,9-11H2,1-4H3. The van der Waals surface area contributed by atoms with E-state index in [1.54, 1.807) is 12.1 Å². The van der Waals surface area contributed by atoms with Crippen LogP contribution in [0, 0.1) is 5.82 Å². The highest BCUT2D eigenvalue weighted by Gasteiger charge is 2.39. The van der Waals surface area contributed by atoms with E-state index in [1.165, 1.54) is 0 Å². The third kappa shape index (κ3) is 2.90. The van der Waals surface area contributed by atoms with Crippen molar-refractivity contribution in [3.05, 3.63) is 30.1 Å². The van der Waals surface area contributed by atoms with Gasteiger partial charge in [0.15, 0.2) is 0 Å². The van der Waals surface area contributed by atoms with Crippen molar-refractivity contribution in [2.24, 2.45) is 0 Å². The van der Waals surface area contributed by atoms with E-state index in [0.717, 1.165) is 19.6 Å². The van der Waals surface area contributed by atoms with Crippen molar-refractivity contribution in [1.29, 1.82) is 0 Å². The lowest BCUT2D eigenvalue weighted by Gasteiger charge is -2.52. The third-order valence-electron chi connectivity index (χ3n) is 3.75. The first-order valence-electron chi connectivity index (χ1n) is 6.83. The molecule has 0 aliphatic carbocycles. The number of piperazine rings is 1. The van der Waals surface area contributed by atoms with E-state index in [2.05, 4.69) is 36.0 Å². The van der Waals surface area contributed by atoms with Crippen LogP contribution < -0.4 is 10.2 Å². The zero-order valence-electron chi connectivity index (χ0n) is 12.3. The molecule has 0 saturated carbocycles. The van der Waals surface area contributed by atoms with Crippen molar-refractivity contribution < 1.29 is 4.39 Å². The van der Waals surface area contributed by atoms with Crippen LogP contribution in [-0.2, 0) is 0 Å². The molecule has 106 valence electrons. The molecule has 2 rings (SSSR count). The molecule has 1 aromatic rings. The van der Waals surface area contributed by atoms with Crippen molar-refractivity contribution in [3.8, 4) is 0 Å². The minimum atomic E-state index is -0.138. The summed E-state index contributed by atoms with van der Waals surface area (Å²) in [6.07, 6.45) is 0. The number of para-hydroxylation sites is 1. The van der Waals surface area contributed by atoms with Crippen molar-refractivity contribution in [2.75, 3.05) is 38.6 Å². The summed E-state index contributed by atoms with van der Waals surface area (Å²) in [7, 11) is 4.07. The molecule has 0 aromatic heterocycles. The molecule has 4 heteroatoms. The molecule has 19 heavy (non-hydrogen) atoms. The summed E-state index contributed by atoms with van der Waals surface area (Å²) >= 11 is 0. The molecule has 1 unspecified atom stereocenters. The van der Waals surface area contributed by atoms with Gasteiger partial charge in [0.2, 0.25) is 0 Å². The van der Waals surface area contributed by atoms with E-state index >= 15 is 0 Å². The second-order valence-corrected chi connectivity index (χ2v) is 6.04. The van der Waals surface area contributed by atoms with Gasteiger partial charge in [0.25, 0.3) is 0 Å². The molecular weight excluding hydrogens is 241 g/mol. The highest BCUT2D eigenvalue weighted by Crippen LogP contribution is 2.32. The van der Waals surface area contributed by atoms with E-state index in [9.17, 15) is 4.39 Å². The molecule has 1 atom stereocenters. The van der Waals surface area contributed by atoms with Crippen LogP contribution in [0.1, 0.15) is 13.8 Å². The van der Waals surface area contributed by atoms with E-state index in [0.29, 0.717) is 5.69 Å². The summed E-state index contributed by atoms with van der Waals surface area (Å²) in [6.45, 7) is 7.08. The van der Waals surface area contributed by atoms with Gasteiger partial charge in [0.1, 0.15) is 5.82 Å². The Morgan fingerprint density at radius 1 is 1.37 bits per heavy atom. The van der Waals surface area contributed by atoms with Crippen LogP contribution in [0.15, 0.2) is 24.3 Å². The van der Waals surface area contributed by atoms with Crippen molar-refractivity contribution >= 4 is 5.69 Å². The number of halogens is 1. The number of rotatable bonds is 3. The van der Waals surface area contributed by atoms with Gasteiger partial charge in [-0.05, 0) is 40.1 Å². The second kappa shape index (κ2) is 5.47. The molecule has 0 radical (unpaired) electrons. The van der Waals surface area contributed by atoms with Gasteiger partial charge in [-0.25, -0.2) is 4.39 Å². The maximum atomic E-state index is 14.2. The van der Waals surface area contributed by atoms with Crippen LogP contribution in [-0.4, -0.2) is 50.2 Å². The Labute approximate surface area is 115 Å². The Morgan fingerprint density at radius 3 is 2.68 bits per heavy atom. The zero-order chi connectivity index (χ0) is 14.0. The summed E-state index contributed by atoms with van der Waals surface area (Å²) in [4.78, 5) is 4.55. The predicted octanol–water partition coefficient (Wildman–Crippen LogP) is 1.94. The smallest absolute Gasteiger partial charge is 0.146 e. The lowest BCUT2D eigenvalue weighted by Crippen LogP contribution is -2.65. The molecule has 1 aliphatic rings. The maximum absolute atomic E-state index is 14.2. The van der Waals surface area contributed by atoms with Gasteiger partial charge >= 0.3 is 0 Å². The minimum absolute atomic E-state index is 0.0866. The first-order valence-corrected chi connectivity index (χ1v) is 6.83. The lowest BCUT2D eigenvalue weighted by molar-refractivity contribution is 0.178. The molecule has 1 aliphatic heterocycles. The molecule has 0 amide bonds. The third-order valence-corrected chi connectivity index (χ3v) is 3.75. The highest BCUT2D eigenvalue weighted by molar-refractivity contribution is 5.52. The quantitative estimate of drug-likeness (QED) is 0.901. The average molecular weight is 265 g/mol. The van der Waals surface area contributed by atoms with Gasteiger partial charge in [-0.3, -0.25) is 0 Å². The Balaban J connectivity index is 2.39. The molecule has 0 bridgehead atoms. The van der Waals surface area contributed by atoms with Gasteiger partial charge in [-0.1, -0.05) is 12.1 Å². The highest BCUT2D eigenvalue weighted by atomic mass is 19.1. The topological polar surface area (TPSA) is 18.5 Å². The van der Waals surface area contributed by atoms with Crippen molar-refractivity contribution in [2.45, 2.75) is 25.4 Å². The first kappa shape index (κ1) is 14.3. The number of nitrogens with one attached hydrogen (secondary N) is 1. The summed E-state index contributed by atoms with van der Waals surface area (Å²) in [6, 6.07) is 7.35. The molecular formula is C15H24FN3. The second-order valence-electron chi connectivity index (χ2n) is 6.04.